The smallest absolute Gasteiger partial charge is 0.185 e. The number of ketones is 3. The number of nitrogens with zero attached hydrogens (tertiary/aromatic N) is 1. The van der Waals surface area contributed by atoms with Crippen molar-refractivity contribution < 1.29 is 28.2 Å². The number of hydrogen-bond donors (Lipinski definition) is 0. The molecule has 6 nitrogen and oxygen atoms in total. The van der Waals surface area contributed by atoms with Gasteiger partial charge in [-0.1, -0.05) is 72.8 Å². The topological polar surface area (TPSA) is 72.9 Å². The Morgan fingerprint density at radius 1 is 0.833 bits per heavy atom. The average Bonchev–Trinajstić information content (AvgIpc) is 3.46. The molecule has 2 heterocycles. The summed E-state index contributed by atoms with van der Waals surface area (Å²) in [6, 6.07) is 23.4. The van der Waals surface area contributed by atoms with Crippen LogP contribution < -0.4 is 14.4 Å². The van der Waals surface area contributed by atoms with Gasteiger partial charge < -0.3 is 14.4 Å². The van der Waals surface area contributed by atoms with Gasteiger partial charge in [-0.3, -0.25) is 14.4 Å². The van der Waals surface area contributed by atoms with Gasteiger partial charge in [0.25, 0.3) is 0 Å². The van der Waals surface area contributed by atoms with Crippen molar-refractivity contribution in [3.05, 3.63) is 131 Å². The Bertz CT molecular complexity index is 1780. The van der Waals surface area contributed by atoms with E-state index in [1.165, 1.54) is 26.4 Å². The molecule has 7 heteroatoms. The highest BCUT2D eigenvalue weighted by atomic mass is 19.1. The van der Waals surface area contributed by atoms with Crippen molar-refractivity contribution >= 4 is 29.1 Å². The molecule has 0 aromatic heterocycles. The monoisotopic (exact) mass is 559 g/mol. The third-order valence-electron chi connectivity index (χ3n) is 8.87. The summed E-state index contributed by atoms with van der Waals surface area (Å²) in [7, 11) is 3.04. The highest BCUT2D eigenvalue weighted by molar-refractivity contribution is 6.32. The predicted octanol–water partition coefficient (Wildman–Crippen LogP) is 6.16. The van der Waals surface area contributed by atoms with Crippen LogP contribution >= 0.6 is 0 Å². The van der Waals surface area contributed by atoms with Gasteiger partial charge in [0.2, 0.25) is 0 Å². The van der Waals surface area contributed by atoms with Crippen LogP contribution in [-0.2, 0) is 0 Å². The molecule has 1 aliphatic carbocycles. The van der Waals surface area contributed by atoms with Gasteiger partial charge in [-0.05, 0) is 24.3 Å². The molecular formula is C35H26FNO5. The number of anilines is 1. The maximum atomic E-state index is 14.7. The number of hydrogen-bond acceptors (Lipinski definition) is 6. The van der Waals surface area contributed by atoms with Crippen molar-refractivity contribution in [3.8, 4) is 11.5 Å². The van der Waals surface area contributed by atoms with Gasteiger partial charge in [-0.25, -0.2) is 4.39 Å². The van der Waals surface area contributed by atoms with E-state index in [0.29, 0.717) is 45.0 Å². The van der Waals surface area contributed by atoms with Crippen LogP contribution in [0.1, 0.15) is 48.1 Å². The van der Waals surface area contributed by atoms with Crippen LogP contribution in [-0.4, -0.2) is 43.7 Å². The highest BCUT2D eigenvalue weighted by Gasteiger charge is 2.72. The first kappa shape index (κ1) is 25.9. The fourth-order valence-electron chi connectivity index (χ4n) is 7.14. The number of ether oxygens (including phenoxy) is 2. The molecule has 0 radical (unpaired) electrons. The minimum Gasteiger partial charge on any atom is -0.497 e. The molecular weight excluding hydrogens is 533 g/mol. The highest BCUT2D eigenvalue weighted by Crippen LogP contribution is 2.62. The van der Waals surface area contributed by atoms with Crippen LogP contribution in [0.3, 0.4) is 0 Å². The number of benzene rings is 4. The maximum absolute atomic E-state index is 14.7. The van der Waals surface area contributed by atoms with E-state index in [4.69, 9.17) is 9.47 Å². The molecule has 3 atom stereocenters. The van der Waals surface area contributed by atoms with E-state index in [2.05, 4.69) is 0 Å². The van der Waals surface area contributed by atoms with Crippen LogP contribution in [0.15, 0.2) is 97.1 Å². The first-order valence-electron chi connectivity index (χ1n) is 13.7. The largest absolute Gasteiger partial charge is 0.497 e. The Morgan fingerprint density at radius 3 is 2.19 bits per heavy atom. The van der Waals surface area contributed by atoms with Crippen molar-refractivity contribution in [2.24, 2.45) is 5.41 Å². The van der Waals surface area contributed by atoms with E-state index in [1.54, 1.807) is 84.9 Å². The van der Waals surface area contributed by atoms with Gasteiger partial charge in [-0.2, -0.15) is 0 Å². The van der Waals surface area contributed by atoms with Crippen molar-refractivity contribution in [2.45, 2.75) is 18.0 Å². The summed E-state index contributed by atoms with van der Waals surface area (Å²) in [4.78, 5) is 46.0. The van der Waals surface area contributed by atoms with Crippen molar-refractivity contribution in [2.75, 3.05) is 19.1 Å². The third kappa shape index (κ3) is 3.40. The zero-order valence-electron chi connectivity index (χ0n) is 22.9. The van der Waals surface area contributed by atoms with Crippen molar-refractivity contribution in [1.29, 1.82) is 0 Å². The molecule has 7 rings (SSSR count). The molecule has 4 aromatic rings. The van der Waals surface area contributed by atoms with Gasteiger partial charge in [0.05, 0.1) is 20.3 Å². The maximum Gasteiger partial charge on any atom is 0.185 e. The van der Waals surface area contributed by atoms with Crippen molar-refractivity contribution in [1.82, 2.24) is 0 Å². The molecule has 1 saturated heterocycles. The summed E-state index contributed by atoms with van der Waals surface area (Å²) < 4.78 is 25.7. The zero-order chi connectivity index (χ0) is 29.2. The number of fused-ring (bicyclic) bond motifs is 5. The van der Waals surface area contributed by atoms with Crippen LogP contribution in [0.2, 0.25) is 0 Å². The van der Waals surface area contributed by atoms with Gasteiger partial charge in [0.1, 0.15) is 28.8 Å². The molecule has 0 amide bonds. The van der Waals surface area contributed by atoms with Gasteiger partial charge >= 0.3 is 0 Å². The van der Waals surface area contributed by atoms with E-state index < -0.39 is 29.2 Å². The van der Waals surface area contributed by atoms with E-state index in [9.17, 15) is 18.8 Å². The lowest BCUT2D eigenvalue weighted by Gasteiger charge is -2.37. The summed E-state index contributed by atoms with van der Waals surface area (Å²) in [5.41, 5.74) is 1.06. The van der Waals surface area contributed by atoms with Crippen LogP contribution in [0, 0.1) is 11.2 Å². The Labute approximate surface area is 242 Å². The SMILES string of the molecule is COc1ccc([C@H]2[C@H](C(=O)c3ccccc3)N3c4ccc(F)cc4C=C[C@@H]3C23C(=O)c2ccccc2C3=O)c(OC)c1. The minimum atomic E-state index is -1.69. The van der Waals surface area contributed by atoms with Crippen LogP contribution in [0.25, 0.3) is 6.08 Å². The predicted molar refractivity (Wildman–Crippen MR) is 156 cm³/mol. The summed E-state index contributed by atoms with van der Waals surface area (Å²) in [6.45, 7) is 0. The molecule has 1 spiro atoms. The second-order valence-corrected chi connectivity index (χ2v) is 10.7. The second-order valence-electron chi connectivity index (χ2n) is 10.7. The van der Waals surface area contributed by atoms with Crippen LogP contribution in [0.5, 0.6) is 11.5 Å². The molecule has 0 unspecified atom stereocenters. The summed E-state index contributed by atoms with van der Waals surface area (Å²) in [6.07, 6.45) is 3.51. The molecule has 1 fully saturated rings. The number of carbonyl (C=O) groups is 3. The Balaban J connectivity index is 1.57. The molecule has 208 valence electrons. The van der Waals surface area contributed by atoms with E-state index in [0.717, 1.165) is 0 Å². The van der Waals surface area contributed by atoms with Gasteiger partial charge in [-0.15, -0.1) is 0 Å². The van der Waals surface area contributed by atoms with E-state index >= 15 is 0 Å². The lowest BCUT2D eigenvalue weighted by molar-refractivity contribution is 0.0665. The van der Waals surface area contributed by atoms with Gasteiger partial charge in [0, 0.05) is 45.5 Å². The zero-order valence-corrected chi connectivity index (χ0v) is 22.9. The number of rotatable bonds is 5. The normalized spacial score (nSPS) is 21.2. The Hall–Kier alpha value is -5.04. The molecule has 42 heavy (non-hydrogen) atoms. The molecule has 0 bridgehead atoms. The third-order valence-corrected chi connectivity index (χ3v) is 8.87. The molecule has 0 saturated carbocycles. The number of carbonyl (C=O) groups excluding carboxylic acids is 3. The average molecular weight is 560 g/mol. The van der Waals surface area contributed by atoms with Crippen molar-refractivity contribution in [3.63, 3.8) is 0 Å². The van der Waals surface area contributed by atoms with E-state index in [-0.39, 0.29) is 17.3 Å². The summed E-state index contributed by atoms with van der Waals surface area (Å²) in [5, 5.41) is 0. The first-order chi connectivity index (χ1) is 20.4. The quantitative estimate of drug-likeness (QED) is 0.216. The Kier molecular flexibility index (Phi) is 5.87. The van der Waals surface area contributed by atoms with Crippen LogP contribution in [0.4, 0.5) is 10.1 Å². The number of methoxy groups -OCH3 is 2. The molecule has 2 aliphatic heterocycles. The molecule has 3 aliphatic rings. The lowest BCUT2D eigenvalue weighted by Crippen LogP contribution is -2.48. The second kappa shape index (κ2) is 9.52. The summed E-state index contributed by atoms with van der Waals surface area (Å²) in [5.74, 6) is -1.42. The fraction of sp³-hybridized carbons (Fsp3) is 0.171. The lowest BCUT2D eigenvalue weighted by atomic mass is 9.64. The molecule has 0 N–H and O–H groups in total. The minimum absolute atomic E-state index is 0.262. The fourth-order valence-corrected chi connectivity index (χ4v) is 7.14. The number of Topliss-reactive ketones (excluding diaryl/α,β-unsaturated/α-hetero) is 3. The summed E-state index contributed by atoms with van der Waals surface area (Å²) >= 11 is 0. The van der Waals surface area contributed by atoms with E-state index in [1.807, 2.05) is 11.0 Å². The number of halogens is 1. The van der Waals surface area contributed by atoms with Gasteiger partial charge in [0.15, 0.2) is 17.3 Å². The standard InChI is InChI=1S/C35H26FNO5/c1-41-23-14-15-26(28(19-23)42-2)30-31(32(38)20-8-4-3-5-9-20)37-27-16-13-22(36)18-21(27)12-17-29(37)35(30)33(39)24-10-6-7-11-25(24)34(35)40/h3-19,29-31H,1-2H3/t29-,30+,31-/m1/s1. The first-order valence-corrected chi connectivity index (χ1v) is 13.7. The molecule has 4 aromatic carbocycles. The Morgan fingerprint density at radius 2 is 1.52 bits per heavy atom.